The highest BCUT2D eigenvalue weighted by atomic mass is 16.1. The van der Waals surface area contributed by atoms with Crippen LogP contribution < -0.4 is 11.1 Å². The highest BCUT2D eigenvalue weighted by molar-refractivity contribution is 5.93. The molecule has 0 aliphatic carbocycles. The Morgan fingerprint density at radius 1 is 1.85 bits per heavy atom. The number of nitrogens with two attached hydrogens (primary N) is 1. The number of carbonyl (C=O) groups excluding carboxylic acids is 1. The van der Waals surface area contributed by atoms with E-state index in [1.807, 2.05) is 13.8 Å². The second-order valence-corrected chi connectivity index (χ2v) is 3.00. The minimum Gasteiger partial charge on any atom is -0.394 e. The minimum absolute atomic E-state index is 0.0114. The van der Waals surface area contributed by atoms with Gasteiger partial charge in [0.2, 0.25) is 5.91 Å². The van der Waals surface area contributed by atoms with Crippen LogP contribution in [-0.2, 0) is 4.79 Å². The minimum atomic E-state index is -0.0431. The van der Waals surface area contributed by atoms with Crippen molar-refractivity contribution in [2.24, 2.45) is 5.92 Å². The van der Waals surface area contributed by atoms with Crippen molar-refractivity contribution < 1.29 is 4.79 Å². The third kappa shape index (κ3) is 2.21. The molecule has 0 bridgehead atoms. The van der Waals surface area contributed by atoms with Crippen molar-refractivity contribution in [3.05, 3.63) is 6.20 Å². The number of hydrogen-bond acceptors (Lipinski definition) is 3. The lowest BCUT2D eigenvalue weighted by atomic mass is 10.1. The Kier molecular flexibility index (Phi) is 2.89. The van der Waals surface area contributed by atoms with Gasteiger partial charge in [-0.05, 0) is 6.42 Å². The average molecular weight is 182 g/mol. The summed E-state index contributed by atoms with van der Waals surface area (Å²) in [5.74, 6) is 0.423. The second-order valence-electron chi connectivity index (χ2n) is 3.00. The largest absolute Gasteiger partial charge is 0.394 e. The molecule has 1 aromatic heterocycles. The van der Waals surface area contributed by atoms with Crippen molar-refractivity contribution in [2.75, 3.05) is 11.1 Å². The summed E-state index contributed by atoms with van der Waals surface area (Å²) in [6, 6.07) is 0. The predicted octanol–water partition coefficient (Wildman–Crippen LogP) is 0.976. The quantitative estimate of drug-likeness (QED) is 0.651. The molecule has 0 saturated carbocycles. The molecule has 1 unspecified atom stereocenters. The van der Waals surface area contributed by atoms with Crippen LogP contribution in [0.1, 0.15) is 20.3 Å². The number of aromatic nitrogens is 2. The van der Waals surface area contributed by atoms with Gasteiger partial charge in [-0.15, -0.1) is 0 Å². The molecule has 1 rings (SSSR count). The van der Waals surface area contributed by atoms with Crippen LogP contribution in [0.5, 0.6) is 0 Å². The summed E-state index contributed by atoms with van der Waals surface area (Å²) < 4.78 is 0. The van der Waals surface area contributed by atoms with E-state index in [1.54, 1.807) is 0 Å². The SMILES string of the molecule is CCC(C)C(=O)Nc1[nH]ncc1N. The number of carbonyl (C=O) groups is 1. The van der Waals surface area contributed by atoms with E-state index in [0.29, 0.717) is 11.5 Å². The lowest BCUT2D eigenvalue weighted by Gasteiger charge is -2.08. The van der Waals surface area contributed by atoms with Gasteiger partial charge < -0.3 is 11.1 Å². The highest BCUT2D eigenvalue weighted by Gasteiger charge is 2.12. The van der Waals surface area contributed by atoms with Gasteiger partial charge in [0.15, 0.2) is 5.82 Å². The zero-order valence-electron chi connectivity index (χ0n) is 7.79. The zero-order valence-corrected chi connectivity index (χ0v) is 7.79. The van der Waals surface area contributed by atoms with E-state index in [4.69, 9.17) is 5.73 Å². The number of aromatic amines is 1. The Labute approximate surface area is 76.7 Å². The van der Waals surface area contributed by atoms with Crippen LogP contribution in [0.3, 0.4) is 0 Å². The lowest BCUT2D eigenvalue weighted by molar-refractivity contribution is -0.119. The number of hydrogen-bond donors (Lipinski definition) is 3. The molecule has 5 heteroatoms. The van der Waals surface area contributed by atoms with Gasteiger partial charge in [0, 0.05) is 5.92 Å². The van der Waals surface area contributed by atoms with Crippen LogP contribution in [0.2, 0.25) is 0 Å². The second kappa shape index (κ2) is 3.93. The summed E-state index contributed by atoms with van der Waals surface area (Å²) in [6.07, 6.45) is 2.27. The van der Waals surface area contributed by atoms with Crippen LogP contribution in [0.15, 0.2) is 6.20 Å². The molecule has 0 aliphatic rings. The molecule has 1 atom stereocenters. The van der Waals surface area contributed by atoms with E-state index < -0.39 is 0 Å². The van der Waals surface area contributed by atoms with Crippen LogP contribution in [0.4, 0.5) is 11.5 Å². The molecule has 0 aromatic carbocycles. The molecule has 0 radical (unpaired) electrons. The van der Waals surface area contributed by atoms with E-state index in [0.717, 1.165) is 6.42 Å². The average Bonchev–Trinajstić information content (AvgIpc) is 2.50. The highest BCUT2D eigenvalue weighted by Crippen LogP contribution is 2.14. The van der Waals surface area contributed by atoms with E-state index >= 15 is 0 Å². The van der Waals surface area contributed by atoms with E-state index in [9.17, 15) is 4.79 Å². The van der Waals surface area contributed by atoms with Gasteiger partial charge in [0.1, 0.15) is 0 Å². The van der Waals surface area contributed by atoms with Crippen LogP contribution in [0, 0.1) is 5.92 Å². The standard InChI is InChI=1S/C8H14N4O/c1-3-5(2)8(13)11-7-6(9)4-10-12-7/h4-5H,3,9H2,1-2H3,(H2,10,11,12,13). The fraction of sp³-hybridized carbons (Fsp3) is 0.500. The van der Waals surface area contributed by atoms with Gasteiger partial charge in [-0.2, -0.15) is 5.10 Å². The van der Waals surface area contributed by atoms with Gasteiger partial charge in [0.25, 0.3) is 0 Å². The number of nitrogens with one attached hydrogen (secondary N) is 2. The monoisotopic (exact) mass is 182 g/mol. The van der Waals surface area contributed by atoms with Crippen molar-refractivity contribution in [2.45, 2.75) is 20.3 Å². The number of nitrogen functional groups attached to an aromatic ring is 1. The predicted molar refractivity (Wildman–Crippen MR) is 51.1 cm³/mol. The lowest BCUT2D eigenvalue weighted by Crippen LogP contribution is -2.20. The fourth-order valence-electron chi connectivity index (χ4n) is 0.827. The molecule has 0 saturated heterocycles. The zero-order chi connectivity index (χ0) is 9.84. The van der Waals surface area contributed by atoms with Crippen LogP contribution in [0.25, 0.3) is 0 Å². The molecular weight excluding hydrogens is 168 g/mol. The maximum atomic E-state index is 11.4. The molecule has 1 aromatic rings. The normalized spacial score (nSPS) is 12.5. The third-order valence-electron chi connectivity index (χ3n) is 1.98. The molecule has 1 heterocycles. The number of nitrogens with zero attached hydrogens (tertiary/aromatic N) is 1. The van der Waals surface area contributed by atoms with Crippen LogP contribution in [-0.4, -0.2) is 16.1 Å². The molecule has 4 N–H and O–H groups in total. The van der Waals surface area contributed by atoms with Crippen molar-refractivity contribution in [3.8, 4) is 0 Å². The first-order valence-corrected chi connectivity index (χ1v) is 4.24. The summed E-state index contributed by atoms with van der Waals surface area (Å²) in [6.45, 7) is 3.82. The first-order valence-electron chi connectivity index (χ1n) is 4.24. The van der Waals surface area contributed by atoms with Crippen molar-refractivity contribution in [3.63, 3.8) is 0 Å². The van der Waals surface area contributed by atoms with Gasteiger partial charge in [0.05, 0.1) is 11.9 Å². The molecule has 5 nitrogen and oxygen atoms in total. The maximum absolute atomic E-state index is 11.4. The van der Waals surface area contributed by atoms with Crippen molar-refractivity contribution in [1.82, 2.24) is 10.2 Å². The molecule has 0 fully saturated rings. The Morgan fingerprint density at radius 3 is 3.00 bits per heavy atom. The van der Waals surface area contributed by atoms with Crippen LogP contribution >= 0.6 is 0 Å². The Balaban J connectivity index is 2.60. The van der Waals surface area contributed by atoms with Gasteiger partial charge in [-0.1, -0.05) is 13.8 Å². The van der Waals surface area contributed by atoms with Gasteiger partial charge in [-0.3, -0.25) is 9.89 Å². The number of rotatable bonds is 3. The van der Waals surface area contributed by atoms with Gasteiger partial charge >= 0.3 is 0 Å². The van der Waals surface area contributed by atoms with E-state index in [2.05, 4.69) is 15.5 Å². The summed E-state index contributed by atoms with van der Waals surface area (Å²) in [5.41, 5.74) is 5.98. The maximum Gasteiger partial charge on any atom is 0.228 e. The Morgan fingerprint density at radius 2 is 2.54 bits per heavy atom. The first kappa shape index (κ1) is 9.57. The molecule has 72 valence electrons. The summed E-state index contributed by atoms with van der Waals surface area (Å²) in [5, 5.41) is 8.96. The smallest absolute Gasteiger partial charge is 0.228 e. The fourth-order valence-corrected chi connectivity index (χ4v) is 0.827. The van der Waals surface area contributed by atoms with E-state index in [-0.39, 0.29) is 11.8 Å². The number of H-pyrrole nitrogens is 1. The Bertz CT molecular complexity index is 294. The molecule has 0 spiro atoms. The number of amides is 1. The van der Waals surface area contributed by atoms with Crippen molar-refractivity contribution >= 4 is 17.4 Å². The first-order chi connectivity index (χ1) is 6.15. The number of anilines is 2. The molecule has 13 heavy (non-hydrogen) atoms. The summed E-state index contributed by atoms with van der Waals surface area (Å²) in [7, 11) is 0. The molecule has 0 aliphatic heterocycles. The Hall–Kier alpha value is -1.52. The molecule has 1 amide bonds. The summed E-state index contributed by atoms with van der Waals surface area (Å²) in [4.78, 5) is 11.4. The molecular formula is C8H14N4O. The summed E-state index contributed by atoms with van der Waals surface area (Å²) >= 11 is 0. The van der Waals surface area contributed by atoms with E-state index in [1.165, 1.54) is 6.20 Å². The topological polar surface area (TPSA) is 83.8 Å². The van der Waals surface area contributed by atoms with Crippen molar-refractivity contribution in [1.29, 1.82) is 0 Å². The third-order valence-corrected chi connectivity index (χ3v) is 1.98. The van der Waals surface area contributed by atoms with Gasteiger partial charge in [-0.25, -0.2) is 0 Å².